The molecule has 3 nitrogen and oxygen atoms in total. The smallest absolute Gasteiger partial charge is 0.121 e. The SMILES string of the molecule is COc1ccc(N2CCC3(CCCCC3)CC2)c(N)c1. The Morgan fingerprint density at radius 1 is 1.05 bits per heavy atom. The van der Waals surface area contributed by atoms with Crippen LogP contribution in [0.25, 0.3) is 0 Å². The summed E-state index contributed by atoms with van der Waals surface area (Å²) in [4.78, 5) is 2.45. The normalized spacial score (nSPS) is 21.9. The molecule has 0 atom stereocenters. The number of benzene rings is 1. The van der Waals surface area contributed by atoms with Gasteiger partial charge in [-0.05, 0) is 43.2 Å². The molecule has 2 fully saturated rings. The van der Waals surface area contributed by atoms with Crippen molar-refractivity contribution < 1.29 is 4.74 Å². The van der Waals surface area contributed by atoms with Gasteiger partial charge >= 0.3 is 0 Å². The number of anilines is 2. The van der Waals surface area contributed by atoms with Gasteiger partial charge in [0.05, 0.1) is 18.5 Å². The number of methoxy groups -OCH3 is 1. The third kappa shape index (κ3) is 2.58. The van der Waals surface area contributed by atoms with E-state index in [4.69, 9.17) is 10.5 Å². The molecule has 2 N–H and O–H groups in total. The van der Waals surface area contributed by atoms with Gasteiger partial charge in [0.25, 0.3) is 0 Å². The number of nitrogen functional groups attached to an aromatic ring is 1. The van der Waals surface area contributed by atoms with Crippen LogP contribution in [0.3, 0.4) is 0 Å². The van der Waals surface area contributed by atoms with Crippen molar-refractivity contribution in [3.63, 3.8) is 0 Å². The number of hydrogen-bond acceptors (Lipinski definition) is 3. The number of hydrogen-bond donors (Lipinski definition) is 1. The Bertz CT molecular complexity index is 456. The van der Waals surface area contributed by atoms with Crippen molar-refractivity contribution in [2.45, 2.75) is 44.9 Å². The van der Waals surface area contributed by atoms with Crippen molar-refractivity contribution in [2.24, 2.45) is 5.41 Å². The maximum Gasteiger partial charge on any atom is 0.121 e. The molecule has 20 heavy (non-hydrogen) atoms. The molecule has 1 aliphatic heterocycles. The van der Waals surface area contributed by atoms with Gasteiger partial charge in [-0.2, -0.15) is 0 Å². The molecular weight excluding hydrogens is 248 g/mol. The fourth-order valence-corrected chi connectivity index (χ4v) is 3.97. The van der Waals surface area contributed by atoms with E-state index in [0.717, 1.165) is 24.5 Å². The lowest BCUT2D eigenvalue weighted by Crippen LogP contribution is -2.41. The van der Waals surface area contributed by atoms with E-state index in [1.54, 1.807) is 7.11 Å². The van der Waals surface area contributed by atoms with Crippen molar-refractivity contribution in [2.75, 3.05) is 30.8 Å². The third-order valence-electron chi connectivity index (χ3n) is 5.31. The molecule has 1 saturated heterocycles. The standard InChI is InChI=1S/C17H26N2O/c1-20-14-5-6-16(15(18)13-14)19-11-9-17(10-12-19)7-3-2-4-8-17/h5-6,13H,2-4,7-12,18H2,1H3. The van der Waals surface area contributed by atoms with Crippen LogP contribution in [0.15, 0.2) is 18.2 Å². The first-order chi connectivity index (χ1) is 9.72. The molecule has 1 saturated carbocycles. The van der Waals surface area contributed by atoms with Gasteiger partial charge in [-0.25, -0.2) is 0 Å². The Hall–Kier alpha value is -1.38. The number of piperidine rings is 1. The number of rotatable bonds is 2. The number of nitrogens with zero attached hydrogens (tertiary/aromatic N) is 1. The van der Waals surface area contributed by atoms with Crippen molar-refractivity contribution in [1.82, 2.24) is 0 Å². The first-order valence-electron chi connectivity index (χ1n) is 7.91. The molecule has 3 heteroatoms. The fourth-order valence-electron chi connectivity index (χ4n) is 3.97. The van der Waals surface area contributed by atoms with Crippen molar-refractivity contribution in [3.05, 3.63) is 18.2 Å². The predicted molar refractivity (Wildman–Crippen MR) is 84.4 cm³/mol. The van der Waals surface area contributed by atoms with E-state index in [9.17, 15) is 0 Å². The maximum absolute atomic E-state index is 6.18. The molecule has 1 aliphatic carbocycles. The summed E-state index contributed by atoms with van der Waals surface area (Å²) >= 11 is 0. The summed E-state index contributed by atoms with van der Waals surface area (Å²) in [5, 5.41) is 0. The fraction of sp³-hybridized carbons (Fsp3) is 0.647. The minimum atomic E-state index is 0.649. The first kappa shape index (κ1) is 13.6. The highest BCUT2D eigenvalue weighted by atomic mass is 16.5. The highest BCUT2D eigenvalue weighted by molar-refractivity contribution is 5.69. The lowest BCUT2D eigenvalue weighted by atomic mass is 9.68. The van der Waals surface area contributed by atoms with Crippen LogP contribution in [-0.4, -0.2) is 20.2 Å². The van der Waals surface area contributed by atoms with Gasteiger partial charge < -0.3 is 15.4 Å². The molecule has 1 aromatic rings. The van der Waals surface area contributed by atoms with E-state index in [1.807, 2.05) is 12.1 Å². The molecular formula is C17H26N2O. The average Bonchev–Trinajstić information content (AvgIpc) is 2.49. The van der Waals surface area contributed by atoms with Crippen molar-refractivity contribution >= 4 is 11.4 Å². The van der Waals surface area contributed by atoms with E-state index in [0.29, 0.717) is 5.41 Å². The summed E-state index contributed by atoms with van der Waals surface area (Å²) < 4.78 is 5.23. The van der Waals surface area contributed by atoms with Crippen LogP contribution >= 0.6 is 0 Å². The average molecular weight is 274 g/mol. The summed E-state index contributed by atoms with van der Waals surface area (Å²) in [5.74, 6) is 0.840. The Labute approximate surface area is 122 Å². The Morgan fingerprint density at radius 2 is 1.75 bits per heavy atom. The second-order valence-electron chi connectivity index (χ2n) is 6.47. The third-order valence-corrected chi connectivity index (χ3v) is 5.31. The highest BCUT2D eigenvalue weighted by Crippen LogP contribution is 2.45. The summed E-state index contributed by atoms with van der Waals surface area (Å²) in [5.41, 5.74) is 8.84. The minimum absolute atomic E-state index is 0.649. The Kier molecular flexibility index (Phi) is 3.77. The largest absolute Gasteiger partial charge is 0.497 e. The molecule has 0 aromatic heterocycles. The first-order valence-corrected chi connectivity index (χ1v) is 7.91. The summed E-state index contributed by atoms with van der Waals surface area (Å²) in [6.45, 7) is 2.30. The molecule has 1 heterocycles. The lowest BCUT2D eigenvalue weighted by molar-refractivity contribution is 0.144. The van der Waals surface area contributed by atoms with E-state index in [1.165, 1.54) is 50.6 Å². The van der Waals surface area contributed by atoms with Crippen LogP contribution in [0.2, 0.25) is 0 Å². The van der Waals surface area contributed by atoms with E-state index in [-0.39, 0.29) is 0 Å². The molecule has 1 aromatic carbocycles. The minimum Gasteiger partial charge on any atom is -0.497 e. The number of ether oxygens (including phenoxy) is 1. The number of nitrogens with two attached hydrogens (primary N) is 1. The molecule has 0 unspecified atom stereocenters. The van der Waals surface area contributed by atoms with E-state index >= 15 is 0 Å². The van der Waals surface area contributed by atoms with Gasteiger partial charge in [0, 0.05) is 19.2 Å². The zero-order valence-electron chi connectivity index (χ0n) is 12.5. The van der Waals surface area contributed by atoms with Crippen LogP contribution in [0.5, 0.6) is 5.75 Å². The quantitative estimate of drug-likeness (QED) is 0.833. The van der Waals surface area contributed by atoms with Crippen LogP contribution in [0.1, 0.15) is 44.9 Å². The molecule has 110 valence electrons. The molecule has 0 amide bonds. The Balaban J connectivity index is 1.68. The molecule has 3 rings (SSSR count). The van der Waals surface area contributed by atoms with Crippen LogP contribution in [0.4, 0.5) is 11.4 Å². The van der Waals surface area contributed by atoms with Crippen LogP contribution in [-0.2, 0) is 0 Å². The van der Waals surface area contributed by atoms with Crippen LogP contribution in [0, 0.1) is 5.41 Å². The maximum atomic E-state index is 6.18. The van der Waals surface area contributed by atoms with Gasteiger partial charge in [0.2, 0.25) is 0 Å². The van der Waals surface area contributed by atoms with E-state index < -0.39 is 0 Å². The molecule has 1 spiro atoms. The topological polar surface area (TPSA) is 38.5 Å². The zero-order chi connectivity index (χ0) is 14.0. The Morgan fingerprint density at radius 3 is 2.35 bits per heavy atom. The summed E-state index contributed by atoms with van der Waals surface area (Å²) in [7, 11) is 1.68. The summed E-state index contributed by atoms with van der Waals surface area (Å²) in [6, 6.07) is 6.05. The second-order valence-corrected chi connectivity index (χ2v) is 6.47. The van der Waals surface area contributed by atoms with Gasteiger partial charge in [-0.1, -0.05) is 19.3 Å². The van der Waals surface area contributed by atoms with Crippen LogP contribution < -0.4 is 15.4 Å². The molecule has 0 bridgehead atoms. The predicted octanol–water partition coefficient (Wildman–Crippen LogP) is 3.83. The van der Waals surface area contributed by atoms with E-state index in [2.05, 4.69) is 11.0 Å². The zero-order valence-corrected chi connectivity index (χ0v) is 12.5. The monoisotopic (exact) mass is 274 g/mol. The molecule has 0 radical (unpaired) electrons. The second kappa shape index (κ2) is 5.55. The van der Waals surface area contributed by atoms with Crippen molar-refractivity contribution in [1.29, 1.82) is 0 Å². The highest BCUT2D eigenvalue weighted by Gasteiger charge is 2.35. The lowest BCUT2D eigenvalue weighted by Gasteiger charge is -2.45. The van der Waals surface area contributed by atoms with Crippen molar-refractivity contribution in [3.8, 4) is 5.75 Å². The van der Waals surface area contributed by atoms with Gasteiger partial charge in [0.1, 0.15) is 5.75 Å². The molecule has 2 aliphatic rings. The van der Waals surface area contributed by atoms with Gasteiger partial charge in [0.15, 0.2) is 0 Å². The van der Waals surface area contributed by atoms with Gasteiger partial charge in [-0.15, -0.1) is 0 Å². The summed E-state index contributed by atoms with van der Waals surface area (Å²) in [6.07, 6.45) is 9.86. The van der Waals surface area contributed by atoms with Gasteiger partial charge in [-0.3, -0.25) is 0 Å².